The summed E-state index contributed by atoms with van der Waals surface area (Å²) < 4.78 is 5.62. The van der Waals surface area contributed by atoms with Gasteiger partial charge in [-0.05, 0) is 28.8 Å². The number of furan rings is 1. The van der Waals surface area contributed by atoms with Gasteiger partial charge < -0.3 is 4.42 Å². The Morgan fingerprint density at radius 1 is 1.12 bits per heavy atom. The minimum Gasteiger partial charge on any atom is -0.464 e. The van der Waals surface area contributed by atoms with Crippen molar-refractivity contribution in [3.05, 3.63) is 53.8 Å². The monoisotopic (exact) mass is 206 g/mol. The lowest BCUT2D eigenvalue weighted by molar-refractivity contribution is 0.615. The van der Waals surface area contributed by atoms with Gasteiger partial charge in [0.1, 0.15) is 5.58 Å². The van der Waals surface area contributed by atoms with Gasteiger partial charge in [-0.3, -0.25) is 0 Å². The van der Waals surface area contributed by atoms with Crippen LogP contribution in [0.2, 0.25) is 0 Å². The molecule has 2 aromatic carbocycles. The summed E-state index contributed by atoms with van der Waals surface area (Å²) in [5, 5.41) is 3.91. The van der Waals surface area contributed by atoms with Crippen LogP contribution in [0, 0.1) is 0 Å². The fraction of sp³-hybridized carbons (Fsp3) is 0.0667. The van der Waals surface area contributed by atoms with Gasteiger partial charge in [-0.15, -0.1) is 0 Å². The van der Waals surface area contributed by atoms with Crippen LogP contribution in [0.3, 0.4) is 0 Å². The minimum atomic E-state index is 1.00. The summed E-state index contributed by atoms with van der Waals surface area (Å²) in [7, 11) is 0. The Labute approximate surface area is 93.0 Å². The normalized spacial score (nSPS) is 13.8. The minimum absolute atomic E-state index is 1.00. The lowest BCUT2D eigenvalue weighted by atomic mass is 9.93. The predicted octanol–water partition coefficient (Wildman–Crippen LogP) is 4.16. The average molecular weight is 206 g/mol. The van der Waals surface area contributed by atoms with E-state index in [1.807, 2.05) is 6.26 Å². The lowest BCUT2D eigenvalue weighted by Gasteiger charge is -2.09. The molecule has 0 saturated carbocycles. The van der Waals surface area contributed by atoms with Crippen molar-refractivity contribution in [3.8, 4) is 0 Å². The molecule has 0 amide bonds. The number of hydrogen-bond acceptors (Lipinski definition) is 1. The second-order valence-electron chi connectivity index (χ2n) is 4.25. The van der Waals surface area contributed by atoms with Gasteiger partial charge in [0, 0.05) is 10.9 Å². The quantitative estimate of drug-likeness (QED) is 0.538. The van der Waals surface area contributed by atoms with Crippen molar-refractivity contribution in [2.75, 3.05) is 0 Å². The first-order valence-electron chi connectivity index (χ1n) is 5.52. The topological polar surface area (TPSA) is 13.1 Å². The molecule has 1 aliphatic carbocycles. The van der Waals surface area contributed by atoms with Gasteiger partial charge in [-0.2, -0.15) is 0 Å². The summed E-state index contributed by atoms with van der Waals surface area (Å²) >= 11 is 0. The molecule has 0 unspecified atom stereocenters. The van der Waals surface area contributed by atoms with Crippen molar-refractivity contribution in [1.82, 2.24) is 0 Å². The average Bonchev–Trinajstić information content (AvgIpc) is 2.75. The molecule has 1 heterocycles. The van der Waals surface area contributed by atoms with E-state index >= 15 is 0 Å². The van der Waals surface area contributed by atoms with Crippen LogP contribution in [0.1, 0.15) is 11.1 Å². The zero-order valence-electron chi connectivity index (χ0n) is 8.73. The van der Waals surface area contributed by atoms with E-state index in [1.54, 1.807) is 0 Å². The third-order valence-corrected chi connectivity index (χ3v) is 3.34. The molecule has 0 atom stereocenters. The van der Waals surface area contributed by atoms with Gasteiger partial charge in [0.25, 0.3) is 0 Å². The van der Waals surface area contributed by atoms with Crippen LogP contribution < -0.4 is 0 Å². The van der Waals surface area contributed by atoms with Crippen molar-refractivity contribution in [2.45, 2.75) is 6.42 Å². The lowest BCUT2D eigenvalue weighted by Crippen LogP contribution is -1.91. The maximum atomic E-state index is 5.62. The van der Waals surface area contributed by atoms with Gasteiger partial charge >= 0.3 is 0 Å². The molecule has 0 spiro atoms. The van der Waals surface area contributed by atoms with Crippen molar-refractivity contribution in [3.63, 3.8) is 0 Å². The first-order chi connectivity index (χ1) is 7.93. The molecule has 16 heavy (non-hydrogen) atoms. The highest BCUT2D eigenvalue weighted by molar-refractivity contribution is 6.04. The molecule has 0 bridgehead atoms. The summed E-state index contributed by atoms with van der Waals surface area (Å²) in [6.07, 6.45) is 7.21. The highest BCUT2D eigenvalue weighted by atomic mass is 16.3. The Hall–Kier alpha value is -2.02. The number of rotatable bonds is 0. The van der Waals surface area contributed by atoms with Crippen LogP contribution in [0.4, 0.5) is 0 Å². The molecular formula is C15H10O. The molecule has 0 saturated heterocycles. The van der Waals surface area contributed by atoms with E-state index in [1.165, 1.54) is 27.3 Å². The Kier molecular flexibility index (Phi) is 1.41. The Morgan fingerprint density at radius 2 is 2.06 bits per heavy atom. The third kappa shape index (κ3) is 0.904. The van der Waals surface area contributed by atoms with Crippen molar-refractivity contribution in [1.29, 1.82) is 0 Å². The summed E-state index contributed by atoms with van der Waals surface area (Å²) in [5.41, 5.74) is 3.62. The fourth-order valence-electron chi connectivity index (χ4n) is 2.63. The molecule has 1 aromatic heterocycles. The van der Waals surface area contributed by atoms with Gasteiger partial charge in [0.05, 0.1) is 6.26 Å². The summed E-state index contributed by atoms with van der Waals surface area (Å²) in [5.74, 6) is 0. The van der Waals surface area contributed by atoms with Gasteiger partial charge in [0.2, 0.25) is 0 Å². The van der Waals surface area contributed by atoms with Gasteiger partial charge in [-0.1, -0.05) is 36.4 Å². The van der Waals surface area contributed by atoms with E-state index in [4.69, 9.17) is 4.42 Å². The summed E-state index contributed by atoms with van der Waals surface area (Å²) in [6.45, 7) is 0. The number of allylic oxidation sites excluding steroid dienone is 1. The largest absolute Gasteiger partial charge is 0.464 e. The number of benzene rings is 2. The van der Waals surface area contributed by atoms with E-state index in [9.17, 15) is 0 Å². The van der Waals surface area contributed by atoms with Crippen LogP contribution in [0.15, 0.2) is 47.1 Å². The molecule has 0 fully saturated rings. The van der Waals surface area contributed by atoms with Crippen LogP contribution in [-0.4, -0.2) is 0 Å². The van der Waals surface area contributed by atoms with Crippen molar-refractivity contribution >= 4 is 27.8 Å². The number of fused-ring (bicyclic) bond motifs is 2. The van der Waals surface area contributed by atoms with Crippen LogP contribution >= 0.6 is 0 Å². The van der Waals surface area contributed by atoms with Gasteiger partial charge in [0.15, 0.2) is 0 Å². The standard InChI is InChI=1S/C15H10O/c1-2-6-12-10(4-1)8-14-15-11(9-16-14)5-3-7-13(12)15/h1-6,8-9H,7H2. The van der Waals surface area contributed by atoms with Crippen molar-refractivity contribution < 1.29 is 4.42 Å². The van der Waals surface area contributed by atoms with Crippen LogP contribution in [0.25, 0.3) is 27.8 Å². The number of hydrogen-bond donors (Lipinski definition) is 0. The summed E-state index contributed by atoms with van der Waals surface area (Å²) in [4.78, 5) is 0. The van der Waals surface area contributed by atoms with E-state index < -0.39 is 0 Å². The first-order valence-corrected chi connectivity index (χ1v) is 5.52. The first kappa shape index (κ1) is 8.17. The molecule has 4 rings (SSSR count). The zero-order valence-corrected chi connectivity index (χ0v) is 8.73. The Bertz CT molecular complexity index is 732. The third-order valence-electron chi connectivity index (χ3n) is 3.34. The molecule has 0 aliphatic heterocycles. The van der Waals surface area contributed by atoms with E-state index in [-0.39, 0.29) is 0 Å². The molecule has 1 nitrogen and oxygen atoms in total. The SMILES string of the molecule is C1=Cc2coc3cc4ccccc4c(c23)C1. The Morgan fingerprint density at radius 3 is 3.06 bits per heavy atom. The highest BCUT2D eigenvalue weighted by Gasteiger charge is 2.14. The Balaban J connectivity index is 2.33. The second-order valence-corrected chi connectivity index (χ2v) is 4.25. The highest BCUT2D eigenvalue weighted by Crippen LogP contribution is 2.35. The smallest absolute Gasteiger partial charge is 0.135 e. The van der Waals surface area contributed by atoms with Crippen LogP contribution in [0.5, 0.6) is 0 Å². The van der Waals surface area contributed by atoms with E-state index in [0.29, 0.717) is 0 Å². The second kappa shape index (κ2) is 2.76. The maximum absolute atomic E-state index is 5.62. The zero-order chi connectivity index (χ0) is 10.5. The van der Waals surface area contributed by atoms with Crippen LogP contribution in [-0.2, 0) is 6.42 Å². The van der Waals surface area contributed by atoms with E-state index in [2.05, 4.69) is 42.5 Å². The molecular weight excluding hydrogens is 196 g/mol. The van der Waals surface area contributed by atoms with E-state index in [0.717, 1.165) is 12.0 Å². The molecule has 3 aromatic rings. The molecule has 0 N–H and O–H groups in total. The fourth-order valence-corrected chi connectivity index (χ4v) is 2.63. The summed E-state index contributed by atoms with van der Waals surface area (Å²) in [6, 6.07) is 10.6. The molecule has 0 radical (unpaired) electrons. The maximum Gasteiger partial charge on any atom is 0.135 e. The van der Waals surface area contributed by atoms with Gasteiger partial charge in [-0.25, -0.2) is 0 Å². The molecule has 1 aliphatic rings. The predicted molar refractivity (Wildman–Crippen MR) is 66.5 cm³/mol. The van der Waals surface area contributed by atoms with Crippen molar-refractivity contribution in [2.24, 2.45) is 0 Å². The molecule has 1 heteroatoms. The molecule has 76 valence electrons.